The lowest BCUT2D eigenvalue weighted by atomic mass is 10.1. The molecule has 2 aromatic rings. The number of methoxy groups -OCH3 is 1. The van der Waals surface area contributed by atoms with E-state index in [1.54, 1.807) is 7.11 Å². The van der Waals surface area contributed by atoms with Crippen LogP contribution in [0.3, 0.4) is 0 Å². The maximum atomic E-state index is 6.02. The maximum absolute atomic E-state index is 6.02. The number of benzene rings is 1. The summed E-state index contributed by atoms with van der Waals surface area (Å²) in [5.41, 5.74) is 4.25. The van der Waals surface area contributed by atoms with Gasteiger partial charge in [0.1, 0.15) is 6.61 Å². The molecule has 0 spiro atoms. The molecule has 7 nitrogen and oxygen atoms in total. The van der Waals surface area contributed by atoms with Crippen LogP contribution in [0.1, 0.15) is 16.8 Å². The van der Waals surface area contributed by atoms with E-state index in [1.165, 1.54) is 5.56 Å². The highest BCUT2D eigenvalue weighted by atomic mass is 16.5. The fourth-order valence-corrected chi connectivity index (χ4v) is 3.38. The first-order valence-corrected chi connectivity index (χ1v) is 10.8. The summed E-state index contributed by atoms with van der Waals surface area (Å²) in [6.07, 6.45) is 1.90. The number of aromatic nitrogens is 1. The van der Waals surface area contributed by atoms with Crippen LogP contribution in [0.5, 0.6) is 5.88 Å². The molecule has 3 rings (SSSR count). The van der Waals surface area contributed by atoms with Gasteiger partial charge in [0.05, 0.1) is 32.1 Å². The first kappa shape index (κ1) is 23.2. The van der Waals surface area contributed by atoms with E-state index >= 15 is 0 Å². The molecule has 1 aromatic carbocycles. The first-order chi connectivity index (χ1) is 15.1. The molecule has 0 atom stereocenters. The number of ether oxygens (including phenoxy) is 3. The number of hydrogen-bond donors (Lipinski definition) is 0. The van der Waals surface area contributed by atoms with Gasteiger partial charge in [-0.2, -0.15) is 0 Å². The Bertz CT molecular complexity index is 837. The highest BCUT2D eigenvalue weighted by Gasteiger charge is 2.11. The number of aliphatic imine (C=N–C) groups is 1. The largest absolute Gasteiger partial charge is 0.476 e. The molecule has 0 unspecified atom stereocenters. The van der Waals surface area contributed by atoms with Crippen LogP contribution in [0.25, 0.3) is 0 Å². The maximum Gasteiger partial charge on any atom is 0.215 e. The van der Waals surface area contributed by atoms with Crippen LogP contribution < -0.4 is 9.64 Å². The molecular weight excluding hydrogens is 392 g/mol. The third-order valence-electron chi connectivity index (χ3n) is 5.21. The Hall–Kier alpha value is -2.48. The average molecular weight is 427 g/mol. The average Bonchev–Trinajstić information content (AvgIpc) is 2.78. The summed E-state index contributed by atoms with van der Waals surface area (Å²) in [6.45, 7) is 9.00. The van der Waals surface area contributed by atoms with Crippen LogP contribution in [0.2, 0.25) is 0 Å². The van der Waals surface area contributed by atoms with Gasteiger partial charge in [-0.1, -0.05) is 29.8 Å². The quantitative estimate of drug-likeness (QED) is 0.515. The molecule has 7 heteroatoms. The van der Waals surface area contributed by atoms with Gasteiger partial charge in [-0.05, 0) is 18.6 Å². The monoisotopic (exact) mass is 426 g/mol. The molecular formula is C24H34N4O3. The second kappa shape index (κ2) is 12.4. The van der Waals surface area contributed by atoms with Gasteiger partial charge in [-0.3, -0.25) is 9.89 Å². The number of hydrogen-bond acceptors (Lipinski definition) is 7. The van der Waals surface area contributed by atoms with Crippen LogP contribution >= 0.6 is 0 Å². The Balaban J connectivity index is 1.66. The summed E-state index contributed by atoms with van der Waals surface area (Å²) in [6, 6.07) is 12.4. The Morgan fingerprint density at radius 2 is 2.03 bits per heavy atom. The van der Waals surface area contributed by atoms with Crippen molar-refractivity contribution in [2.45, 2.75) is 13.5 Å². The number of morpholine rings is 1. The summed E-state index contributed by atoms with van der Waals surface area (Å²) in [5, 5.41) is 0. The third kappa shape index (κ3) is 7.94. The van der Waals surface area contributed by atoms with Crippen molar-refractivity contribution in [3.8, 4) is 5.88 Å². The van der Waals surface area contributed by atoms with Crippen LogP contribution in [0, 0.1) is 6.92 Å². The molecule has 168 valence electrons. The molecule has 0 amide bonds. The second-order valence-electron chi connectivity index (χ2n) is 7.76. The normalized spacial score (nSPS) is 14.8. The number of rotatable bonds is 11. The number of aryl methyl sites for hydroxylation is 1. The van der Waals surface area contributed by atoms with Crippen molar-refractivity contribution in [3.05, 3.63) is 53.2 Å². The first-order valence-electron chi connectivity index (χ1n) is 10.8. The van der Waals surface area contributed by atoms with Crippen molar-refractivity contribution in [1.82, 2.24) is 9.88 Å². The van der Waals surface area contributed by atoms with Crippen molar-refractivity contribution in [2.75, 3.05) is 71.7 Å². The predicted molar refractivity (Wildman–Crippen MR) is 125 cm³/mol. The zero-order chi connectivity index (χ0) is 21.9. The molecule has 1 aliphatic heterocycles. The van der Waals surface area contributed by atoms with Crippen molar-refractivity contribution in [1.29, 1.82) is 0 Å². The zero-order valence-electron chi connectivity index (χ0n) is 18.9. The summed E-state index contributed by atoms with van der Waals surface area (Å²) in [5.74, 6) is 0.635. The molecule has 1 fully saturated rings. The predicted octanol–water partition coefficient (Wildman–Crippen LogP) is 2.80. The SMILES string of the molecule is COCCN(C)c1cc(CN=Cc2cccc(C)c2)nc(OCCN2CCOCC2)c1. The Morgan fingerprint density at radius 1 is 1.19 bits per heavy atom. The lowest BCUT2D eigenvalue weighted by Crippen LogP contribution is -2.38. The molecule has 1 saturated heterocycles. The molecule has 0 N–H and O–H groups in total. The molecule has 0 bridgehead atoms. The van der Waals surface area contributed by atoms with Crippen molar-refractivity contribution < 1.29 is 14.2 Å². The highest BCUT2D eigenvalue weighted by Crippen LogP contribution is 2.21. The van der Waals surface area contributed by atoms with Gasteiger partial charge in [-0.25, -0.2) is 4.98 Å². The van der Waals surface area contributed by atoms with E-state index in [-0.39, 0.29) is 0 Å². The minimum atomic E-state index is 0.500. The molecule has 0 aliphatic carbocycles. The third-order valence-corrected chi connectivity index (χ3v) is 5.21. The fraction of sp³-hybridized carbons (Fsp3) is 0.500. The van der Waals surface area contributed by atoms with Crippen LogP contribution in [0.4, 0.5) is 5.69 Å². The lowest BCUT2D eigenvalue weighted by Gasteiger charge is -2.26. The van der Waals surface area contributed by atoms with Crippen LogP contribution in [0.15, 0.2) is 41.4 Å². The van der Waals surface area contributed by atoms with Gasteiger partial charge in [-0.15, -0.1) is 0 Å². The van der Waals surface area contributed by atoms with E-state index < -0.39 is 0 Å². The van der Waals surface area contributed by atoms with Crippen LogP contribution in [-0.2, 0) is 16.0 Å². The standard InChI is InChI=1S/C24H34N4O3/c1-20-5-4-6-21(15-20)18-25-19-22-16-23(27(2)7-11-29-3)17-24(26-22)31-14-10-28-8-12-30-13-9-28/h4-6,15-18H,7-14,19H2,1-3H3. The number of anilines is 1. The molecule has 1 aliphatic rings. The second-order valence-corrected chi connectivity index (χ2v) is 7.76. The highest BCUT2D eigenvalue weighted by molar-refractivity contribution is 5.79. The van der Waals surface area contributed by atoms with Gasteiger partial charge < -0.3 is 19.1 Å². The number of nitrogens with zero attached hydrogens (tertiary/aromatic N) is 4. The molecule has 2 heterocycles. The van der Waals surface area contributed by atoms with Gasteiger partial charge >= 0.3 is 0 Å². The minimum absolute atomic E-state index is 0.500. The zero-order valence-corrected chi connectivity index (χ0v) is 18.9. The topological polar surface area (TPSA) is 59.4 Å². The molecule has 0 saturated carbocycles. The summed E-state index contributed by atoms with van der Waals surface area (Å²) >= 11 is 0. The molecule has 1 aromatic heterocycles. The van der Waals surface area contributed by atoms with E-state index in [9.17, 15) is 0 Å². The van der Waals surface area contributed by atoms with E-state index in [0.717, 1.165) is 56.3 Å². The van der Waals surface area contributed by atoms with E-state index in [1.807, 2.05) is 25.4 Å². The van der Waals surface area contributed by atoms with Gasteiger partial charge in [0, 0.05) is 58.3 Å². The van der Waals surface area contributed by atoms with Gasteiger partial charge in [0.25, 0.3) is 0 Å². The minimum Gasteiger partial charge on any atom is -0.476 e. The van der Waals surface area contributed by atoms with E-state index in [2.05, 4.69) is 46.0 Å². The van der Waals surface area contributed by atoms with E-state index in [4.69, 9.17) is 19.2 Å². The molecule has 31 heavy (non-hydrogen) atoms. The van der Waals surface area contributed by atoms with Crippen molar-refractivity contribution in [2.24, 2.45) is 4.99 Å². The number of likely N-dealkylation sites (N-methyl/N-ethyl adjacent to an activating group) is 1. The smallest absolute Gasteiger partial charge is 0.215 e. The Morgan fingerprint density at radius 3 is 2.81 bits per heavy atom. The summed E-state index contributed by atoms with van der Waals surface area (Å²) in [4.78, 5) is 13.8. The number of pyridine rings is 1. The Labute approximate surface area is 185 Å². The van der Waals surface area contributed by atoms with E-state index in [0.29, 0.717) is 25.6 Å². The summed E-state index contributed by atoms with van der Waals surface area (Å²) < 4.78 is 16.7. The van der Waals surface area contributed by atoms with Gasteiger partial charge in [0.2, 0.25) is 5.88 Å². The van der Waals surface area contributed by atoms with Crippen molar-refractivity contribution >= 4 is 11.9 Å². The molecule has 0 radical (unpaired) electrons. The van der Waals surface area contributed by atoms with Crippen LogP contribution in [-0.4, -0.2) is 82.9 Å². The Kier molecular flexibility index (Phi) is 9.27. The summed E-state index contributed by atoms with van der Waals surface area (Å²) in [7, 11) is 3.76. The lowest BCUT2D eigenvalue weighted by molar-refractivity contribution is 0.0320. The van der Waals surface area contributed by atoms with Crippen molar-refractivity contribution in [3.63, 3.8) is 0 Å². The van der Waals surface area contributed by atoms with Gasteiger partial charge in [0.15, 0.2) is 0 Å². The fourth-order valence-electron chi connectivity index (χ4n) is 3.38.